The summed E-state index contributed by atoms with van der Waals surface area (Å²) in [6.45, 7) is 5.40. The van der Waals surface area contributed by atoms with Gasteiger partial charge in [-0.2, -0.15) is 0 Å². The minimum Gasteiger partial charge on any atom is -0.497 e. The molecular weight excluding hydrogens is 457 g/mol. The fourth-order valence-electron chi connectivity index (χ4n) is 3.79. The number of anilines is 2. The number of hydrogen-bond donors (Lipinski definition) is 2. The monoisotopic (exact) mass is 485 g/mol. The molecule has 180 valence electrons. The Morgan fingerprint density at radius 3 is 2.12 bits per heavy atom. The highest BCUT2D eigenvalue weighted by Gasteiger charge is 2.22. The topological polar surface area (TPSA) is 87.7 Å². The summed E-state index contributed by atoms with van der Waals surface area (Å²) in [5.74, 6) is 0.203. The number of nitrogens with one attached hydrogen (secondary N) is 2. The number of aryl methyl sites for hydroxylation is 3. The van der Waals surface area contributed by atoms with E-state index in [2.05, 4.69) is 10.0 Å². The molecule has 0 aliphatic rings. The number of sulfonamides is 1. The number of methoxy groups -OCH3 is 1. The van der Waals surface area contributed by atoms with Crippen molar-refractivity contribution in [3.63, 3.8) is 0 Å². The fourth-order valence-corrected chi connectivity index (χ4v) is 5.26. The molecule has 3 aromatic carbocycles. The Morgan fingerprint density at radius 2 is 1.56 bits per heavy atom. The standard InChI is InChI=1S/C25H28FN3O4S/c1-17-15-18(2)24(19(3)16-17)34(31,32)27-13-14-29(22-9-5-20(26)6-10-22)25(30)28-21-7-11-23(33-4)12-8-21/h5-12,15-16,27H,13-14H2,1-4H3,(H,28,30). The Morgan fingerprint density at radius 1 is 0.971 bits per heavy atom. The van der Waals surface area contributed by atoms with Gasteiger partial charge in [0, 0.05) is 24.5 Å². The molecule has 3 rings (SSSR count). The predicted molar refractivity (Wildman–Crippen MR) is 132 cm³/mol. The van der Waals surface area contributed by atoms with E-state index in [1.54, 1.807) is 45.2 Å². The van der Waals surface area contributed by atoms with Crippen molar-refractivity contribution in [2.45, 2.75) is 25.7 Å². The first-order valence-electron chi connectivity index (χ1n) is 10.7. The summed E-state index contributed by atoms with van der Waals surface area (Å²) in [6, 6.07) is 15.3. The van der Waals surface area contributed by atoms with Gasteiger partial charge in [0.15, 0.2) is 0 Å². The van der Waals surface area contributed by atoms with E-state index < -0.39 is 21.9 Å². The van der Waals surface area contributed by atoms with Crippen LogP contribution >= 0.6 is 0 Å². The molecule has 0 saturated heterocycles. The van der Waals surface area contributed by atoms with Crippen molar-refractivity contribution >= 4 is 27.4 Å². The molecule has 0 spiro atoms. The van der Waals surface area contributed by atoms with Gasteiger partial charge in [-0.25, -0.2) is 22.3 Å². The highest BCUT2D eigenvalue weighted by atomic mass is 32.2. The average Bonchev–Trinajstić information content (AvgIpc) is 2.77. The van der Waals surface area contributed by atoms with E-state index in [1.807, 2.05) is 19.1 Å². The summed E-state index contributed by atoms with van der Waals surface area (Å²) < 4.78 is 47.1. The second kappa shape index (κ2) is 10.7. The normalized spacial score (nSPS) is 11.2. The number of carbonyl (C=O) groups excluding carboxylic acids is 1. The Hall–Kier alpha value is -3.43. The minimum atomic E-state index is -3.80. The summed E-state index contributed by atoms with van der Waals surface area (Å²) in [5.41, 5.74) is 3.24. The zero-order valence-corrected chi connectivity index (χ0v) is 20.4. The smallest absolute Gasteiger partial charge is 0.326 e. The molecule has 0 aromatic heterocycles. The molecule has 7 nitrogen and oxygen atoms in total. The van der Waals surface area contributed by atoms with Crippen LogP contribution in [0, 0.1) is 26.6 Å². The summed E-state index contributed by atoms with van der Waals surface area (Å²) >= 11 is 0. The van der Waals surface area contributed by atoms with Crippen molar-refractivity contribution in [2.75, 3.05) is 30.4 Å². The lowest BCUT2D eigenvalue weighted by atomic mass is 10.1. The highest BCUT2D eigenvalue weighted by molar-refractivity contribution is 7.89. The van der Waals surface area contributed by atoms with Gasteiger partial charge in [0.05, 0.1) is 12.0 Å². The van der Waals surface area contributed by atoms with Crippen LogP contribution in [0.15, 0.2) is 65.6 Å². The molecule has 0 unspecified atom stereocenters. The van der Waals surface area contributed by atoms with Crippen LogP contribution in [0.4, 0.5) is 20.6 Å². The lowest BCUT2D eigenvalue weighted by molar-refractivity contribution is 0.257. The molecule has 9 heteroatoms. The van der Waals surface area contributed by atoms with E-state index in [4.69, 9.17) is 4.74 Å². The van der Waals surface area contributed by atoms with Gasteiger partial charge in [0.25, 0.3) is 0 Å². The SMILES string of the molecule is COc1ccc(NC(=O)N(CCNS(=O)(=O)c2c(C)cc(C)cc2C)c2ccc(F)cc2)cc1. The van der Waals surface area contributed by atoms with E-state index in [0.717, 1.165) is 5.56 Å². The third-order valence-corrected chi connectivity index (χ3v) is 6.99. The first-order valence-corrected chi connectivity index (χ1v) is 12.1. The van der Waals surface area contributed by atoms with Crippen molar-refractivity contribution < 1.29 is 22.3 Å². The number of carbonyl (C=O) groups is 1. The van der Waals surface area contributed by atoms with Gasteiger partial charge in [-0.1, -0.05) is 17.7 Å². The van der Waals surface area contributed by atoms with Gasteiger partial charge >= 0.3 is 6.03 Å². The summed E-state index contributed by atoms with van der Waals surface area (Å²) in [6.07, 6.45) is 0. The number of urea groups is 1. The van der Waals surface area contributed by atoms with Crippen LogP contribution in [0.1, 0.15) is 16.7 Å². The van der Waals surface area contributed by atoms with Gasteiger partial charge in [-0.15, -0.1) is 0 Å². The fraction of sp³-hybridized carbons (Fsp3) is 0.240. The second-order valence-corrected chi connectivity index (χ2v) is 9.62. The van der Waals surface area contributed by atoms with Gasteiger partial charge < -0.3 is 10.1 Å². The van der Waals surface area contributed by atoms with Gasteiger partial charge in [-0.05, 0) is 80.4 Å². The first-order chi connectivity index (χ1) is 16.1. The third kappa shape index (κ3) is 6.12. The van der Waals surface area contributed by atoms with Crippen LogP contribution in [-0.4, -0.2) is 34.6 Å². The van der Waals surface area contributed by atoms with E-state index in [9.17, 15) is 17.6 Å². The maximum Gasteiger partial charge on any atom is 0.326 e. The van der Waals surface area contributed by atoms with Crippen molar-refractivity contribution in [1.82, 2.24) is 4.72 Å². The number of rotatable bonds is 8. The Bertz CT molecular complexity index is 1240. The molecule has 0 radical (unpaired) electrons. The number of nitrogens with zero attached hydrogens (tertiary/aromatic N) is 1. The number of amides is 2. The molecule has 0 saturated carbocycles. The van der Waals surface area contributed by atoms with Crippen LogP contribution < -0.4 is 19.7 Å². The van der Waals surface area contributed by atoms with E-state index >= 15 is 0 Å². The number of halogens is 1. The second-order valence-electron chi connectivity index (χ2n) is 7.91. The van der Waals surface area contributed by atoms with Crippen molar-refractivity contribution in [2.24, 2.45) is 0 Å². The van der Waals surface area contributed by atoms with Crippen LogP contribution in [0.2, 0.25) is 0 Å². The van der Waals surface area contributed by atoms with E-state index in [0.29, 0.717) is 28.3 Å². The van der Waals surface area contributed by atoms with E-state index in [1.165, 1.54) is 29.2 Å². The maximum atomic E-state index is 13.4. The summed E-state index contributed by atoms with van der Waals surface area (Å²) in [4.78, 5) is 14.6. The highest BCUT2D eigenvalue weighted by Crippen LogP contribution is 2.22. The Balaban J connectivity index is 1.78. The molecule has 0 atom stereocenters. The van der Waals surface area contributed by atoms with Crippen LogP contribution in [-0.2, 0) is 10.0 Å². The molecule has 2 amide bonds. The number of ether oxygens (including phenoxy) is 1. The van der Waals surface area contributed by atoms with Crippen molar-refractivity contribution in [3.05, 3.63) is 83.2 Å². The average molecular weight is 486 g/mol. The quantitative estimate of drug-likeness (QED) is 0.481. The molecule has 0 aliphatic carbocycles. The summed E-state index contributed by atoms with van der Waals surface area (Å²) in [7, 11) is -2.25. The van der Waals surface area contributed by atoms with Gasteiger partial charge in [0.2, 0.25) is 10.0 Å². The van der Waals surface area contributed by atoms with Crippen LogP contribution in [0.5, 0.6) is 5.75 Å². The zero-order valence-electron chi connectivity index (χ0n) is 19.6. The molecule has 0 fully saturated rings. The van der Waals surface area contributed by atoms with Gasteiger partial charge in [-0.3, -0.25) is 4.90 Å². The minimum absolute atomic E-state index is 0.0246. The van der Waals surface area contributed by atoms with Crippen molar-refractivity contribution in [1.29, 1.82) is 0 Å². The predicted octanol–water partition coefficient (Wildman–Crippen LogP) is 4.78. The number of hydrogen-bond acceptors (Lipinski definition) is 4. The molecule has 3 aromatic rings. The molecule has 34 heavy (non-hydrogen) atoms. The first kappa shape index (κ1) is 25.2. The lowest BCUT2D eigenvalue weighted by Gasteiger charge is -2.24. The molecule has 0 aliphatic heterocycles. The maximum absolute atomic E-state index is 13.4. The molecular formula is C25H28FN3O4S. The van der Waals surface area contributed by atoms with Crippen LogP contribution in [0.25, 0.3) is 0 Å². The molecule has 2 N–H and O–H groups in total. The number of benzene rings is 3. The molecule has 0 bridgehead atoms. The van der Waals surface area contributed by atoms with Crippen molar-refractivity contribution in [3.8, 4) is 5.75 Å². The largest absolute Gasteiger partial charge is 0.497 e. The Labute approximate surface area is 199 Å². The Kier molecular flexibility index (Phi) is 7.90. The van der Waals surface area contributed by atoms with E-state index in [-0.39, 0.29) is 18.0 Å². The summed E-state index contributed by atoms with van der Waals surface area (Å²) in [5, 5.41) is 2.77. The zero-order chi connectivity index (χ0) is 24.9. The van der Waals surface area contributed by atoms with Crippen LogP contribution in [0.3, 0.4) is 0 Å². The lowest BCUT2D eigenvalue weighted by Crippen LogP contribution is -2.41. The molecule has 0 heterocycles. The van der Waals surface area contributed by atoms with Gasteiger partial charge in [0.1, 0.15) is 11.6 Å². The third-order valence-electron chi connectivity index (χ3n) is 5.23.